The second-order valence-corrected chi connectivity index (χ2v) is 4.93. The number of aliphatic hydroxyl groups is 1. The molecule has 4 nitrogen and oxygen atoms in total. The number of aromatic nitrogens is 1. The summed E-state index contributed by atoms with van der Waals surface area (Å²) in [7, 11) is 0. The van der Waals surface area contributed by atoms with Crippen LogP contribution in [0.4, 0.5) is 22.0 Å². The average Bonchev–Trinajstić information content (AvgIpc) is 2.37. The van der Waals surface area contributed by atoms with Crippen LogP contribution in [0.25, 0.3) is 0 Å². The van der Waals surface area contributed by atoms with Crippen LogP contribution < -0.4 is 10.9 Å². The lowest BCUT2D eigenvalue weighted by Gasteiger charge is -2.32. The van der Waals surface area contributed by atoms with Gasteiger partial charge in [0.05, 0.1) is 11.5 Å². The number of rotatable bonds is 2. The zero-order valence-electron chi connectivity index (χ0n) is 10.7. The van der Waals surface area contributed by atoms with Crippen molar-refractivity contribution in [1.29, 1.82) is 0 Å². The highest BCUT2D eigenvalue weighted by molar-refractivity contribution is 5.27. The molecule has 118 valence electrons. The summed E-state index contributed by atoms with van der Waals surface area (Å²) in [6, 6.07) is 0.697. The molecular formula is C12H13F5N2O2. The first-order chi connectivity index (χ1) is 9.63. The highest BCUT2D eigenvalue weighted by Crippen LogP contribution is 2.38. The summed E-state index contributed by atoms with van der Waals surface area (Å²) in [5.41, 5.74) is -2.29. The predicted octanol–water partition coefficient (Wildman–Crippen LogP) is 1.68. The summed E-state index contributed by atoms with van der Waals surface area (Å²) in [4.78, 5) is 13.4. The molecular weight excluding hydrogens is 299 g/mol. The van der Waals surface area contributed by atoms with Gasteiger partial charge in [-0.25, -0.2) is 8.78 Å². The van der Waals surface area contributed by atoms with Crippen molar-refractivity contribution in [3.8, 4) is 0 Å². The van der Waals surface area contributed by atoms with Gasteiger partial charge in [0.25, 0.3) is 11.5 Å². The Labute approximate surface area is 116 Å². The molecule has 2 heterocycles. The van der Waals surface area contributed by atoms with Crippen LogP contribution >= 0.6 is 0 Å². The third-order valence-corrected chi connectivity index (χ3v) is 3.45. The molecule has 1 aromatic rings. The van der Waals surface area contributed by atoms with E-state index in [9.17, 15) is 26.7 Å². The Hall–Kier alpha value is -1.48. The zero-order valence-corrected chi connectivity index (χ0v) is 10.7. The highest BCUT2D eigenvalue weighted by atomic mass is 19.4. The fourth-order valence-corrected chi connectivity index (χ4v) is 2.29. The fourth-order valence-electron chi connectivity index (χ4n) is 2.29. The predicted molar refractivity (Wildman–Crippen MR) is 63.3 cm³/mol. The second-order valence-electron chi connectivity index (χ2n) is 4.93. The monoisotopic (exact) mass is 312 g/mol. The average molecular weight is 312 g/mol. The Morgan fingerprint density at radius 1 is 1.38 bits per heavy atom. The van der Waals surface area contributed by atoms with Crippen LogP contribution in [0.15, 0.2) is 17.1 Å². The molecule has 2 atom stereocenters. The molecule has 1 fully saturated rings. The number of alkyl halides is 5. The van der Waals surface area contributed by atoms with Crippen molar-refractivity contribution in [3.05, 3.63) is 33.7 Å². The van der Waals surface area contributed by atoms with Crippen molar-refractivity contribution >= 4 is 0 Å². The molecule has 21 heavy (non-hydrogen) atoms. The molecule has 0 bridgehead atoms. The Morgan fingerprint density at radius 3 is 2.62 bits per heavy atom. The standard InChI is InChI=1S/C12H13F5N2O2/c13-11(14)1-2-18-5-8(11)6-3-7(10(21)19-4-6)9(20)12(15,16)17/h3-4,8-9,18,20H,1-2,5H2,(H,19,21). The lowest BCUT2D eigenvalue weighted by Crippen LogP contribution is -2.43. The summed E-state index contributed by atoms with van der Waals surface area (Å²) in [5.74, 6) is -4.45. The lowest BCUT2D eigenvalue weighted by atomic mass is 9.88. The first kappa shape index (κ1) is 15.9. The van der Waals surface area contributed by atoms with Crippen LogP contribution in [0.1, 0.15) is 29.6 Å². The number of nitrogens with one attached hydrogen (secondary N) is 2. The summed E-state index contributed by atoms with van der Waals surface area (Å²) in [5, 5.41) is 11.9. The first-order valence-electron chi connectivity index (χ1n) is 6.19. The molecule has 0 saturated carbocycles. The molecule has 1 saturated heterocycles. The van der Waals surface area contributed by atoms with Gasteiger partial charge in [-0.1, -0.05) is 0 Å². The van der Waals surface area contributed by atoms with E-state index in [-0.39, 0.29) is 18.7 Å². The maximum Gasteiger partial charge on any atom is 0.418 e. The van der Waals surface area contributed by atoms with E-state index < -0.39 is 41.7 Å². The maximum atomic E-state index is 13.8. The van der Waals surface area contributed by atoms with E-state index in [1.807, 2.05) is 4.98 Å². The maximum absolute atomic E-state index is 13.8. The summed E-state index contributed by atoms with van der Waals surface area (Å²) in [6.45, 7) is -0.0223. The van der Waals surface area contributed by atoms with E-state index in [0.29, 0.717) is 6.07 Å². The summed E-state index contributed by atoms with van der Waals surface area (Å²) < 4.78 is 65.0. The van der Waals surface area contributed by atoms with Crippen molar-refractivity contribution in [2.45, 2.75) is 30.5 Å². The van der Waals surface area contributed by atoms with Crippen LogP contribution in [-0.2, 0) is 0 Å². The van der Waals surface area contributed by atoms with Crippen LogP contribution in [-0.4, -0.2) is 35.3 Å². The molecule has 1 aliphatic rings. The van der Waals surface area contributed by atoms with Gasteiger partial charge in [-0.2, -0.15) is 13.2 Å². The fraction of sp³-hybridized carbons (Fsp3) is 0.583. The van der Waals surface area contributed by atoms with E-state index in [0.717, 1.165) is 6.20 Å². The Bertz CT molecular complexity index is 570. The van der Waals surface area contributed by atoms with Crippen molar-refractivity contribution in [2.24, 2.45) is 0 Å². The Balaban J connectivity index is 2.41. The molecule has 2 unspecified atom stereocenters. The van der Waals surface area contributed by atoms with E-state index in [2.05, 4.69) is 5.32 Å². The number of aliphatic hydroxyl groups excluding tert-OH is 1. The Kier molecular flexibility index (Phi) is 4.07. The quantitative estimate of drug-likeness (QED) is 0.728. The van der Waals surface area contributed by atoms with Gasteiger partial charge in [-0.3, -0.25) is 4.79 Å². The van der Waals surface area contributed by atoms with Gasteiger partial charge in [-0.05, 0) is 11.6 Å². The van der Waals surface area contributed by atoms with Crippen LogP contribution in [0.3, 0.4) is 0 Å². The molecule has 1 aliphatic heterocycles. The van der Waals surface area contributed by atoms with Crippen LogP contribution in [0.5, 0.6) is 0 Å². The third kappa shape index (κ3) is 3.24. The van der Waals surface area contributed by atoms with Gasteiger partial charge >= 0.3 is 6.18 Å². The number of aromatic amines is 1. The first-order valence-corrected chi connectivity index (χ1v) is 6.19. The molecule has 2 rings (SSSR count). The second kappa shape index (κ2) is 5.38. The van der Waals surface area contributed by atoms with Gasteiger partial charge in [-0.15, -0.1) is 0 Å². The largest absolute Gasteiger partial charge is 0.418 e. The molecule has 1 aromatic heterocycles. The summed E-state index contributed by atoms with van der Waals surface area (Å²) >= 11 is 0. The smallest absolute Gasteiger partial charge is 0.379 e. The molecule has 0 radical (unpaired) electrons. The van der Waals surface area contributed by atoms with Gasteiger partial charge in [0.15, 0.2) is 6.10 Å². The number of H-pyrrole nitrogens is 1. The van der Waals surface area contributed by atoms with Crippen LogP contribution in [0.2, 0.25) is 0 Å². The normalized spacial score (nSPS) is 23.8. The minimum atomic E-state index is -5.04. The number of halogens is 5. The number of hydrogen-bond donors (Lipinski definition) is 3. The zero-order chi connectivity index (χ0) is 15.8. The van der Waals surface area contributed by atoms with E-state index in [1.165, 1.54) is 0 Å². The number of pyridine rings is 1. The Morgan fingerprint density at radius 2 is 2.05 bits per heavy atom. The van der Waals surface area contributed by atoms with Gasteiger partial charge < -0.3 is 15.4 Å². The number of hydrogen-bond acceptors (Lipinski definition) is 3. The topological polar surface area (TPSA) is 65.1 Å². The minimum Gasteiger partial charge on any atom is -0.379 e. The molecule has 9 heteroatoms. The van der Waals surface area contributed by atoms with Crippen molar-refractivity contribution in [1.82, 2.24) is 10.3 Å². The minimum absolute atomic E-state index is 0.102. The summed E-state index contributed by atoms with van der Waals surface area (Å²) in [6.07, 6.45) is -7.54. The number of piperidine rings is 1. The van der Waals surface area contributed by atoms with Crippen LogP contribution in [0, 0.1) is 0 Å². The van der Waals surface area contributed by atoms with Crippen molar-refractivity contribution < 1.29 is 27.1 Å². The van der Waals surface area contributed by atoms with E-state index in [4.69, 9.17) is 5.11 Å². The lowest BCUT2D eigenvalue weighted by molar-refractivity contribution is -0.207. The SMILES string of the molecule is O=c1[nH]cc(C2CNCCC2(F)F)cc1C(O)C(F)(F)F. The highest BCUT2D eigenvalue weighted by Gasteiger charge is 2.44. The third-order valence-electron chi connectivity index (χ3n) is 3.45. The van der Waals surface area contributed by atoms with Gasteiger partial charge in [0, 0.05) is 25.7 Å². The van der Waals surface area contributed by atoms with Gasteiger partial charge in [0.1, 0.15) is 0 Å². The van der Waals surface area contributed by atoms with Crippen molar-refractivity contribution in [2.75, 3.05) is 13.1 Å². The molecule has 0 amide bonds. The molecule has 0 aliphatic carbocycles. The molecule has 0 aromatic carbocycles. The van der Waals surface area contributed by atoms with Crippen molar-refractivity contribution in [3.63, 3.8) is 0 Å². The van der Waals surface area contributed by atoms with Gasteiger partial charge in [0.2, 0.25) is 0 Å². The van der Waals surface area contributed by atoms with E-state index >= 15 is 0 Å². The molecule has 0 spiro atoms. The molecule has 3 N–H and O–H groups in total. The van der Waals surface area contributed by atoms with E-state index in [1.54, 1.807) is 0 Å².